The Morgan fingerprint density at radius 1 is 1.13 bits per heavy atom. The first-order chi connectivity index (χ1) is 10.9. The quantitative estimate of drug-likeness (QED) is 0.672. The molecular weight excluding hydrogens is 288 g/mol. The SMILES string of the molecule is CC1=CC(C)(C)Nc2c(C(=O)C(=O)N3CCCCC3)cccc21. The summed E-state index contributed by atoms with van der Waals surface area (Å²) in [6, 6.07) is 5.60. The van der Waals surface area contributed by atoms with Crippen molar-refractivity contribution in [2.75, 3.05) is 18.4 Å². The van der Waals surface area contributed by atoms with Crippen LogP contribution in [0.2, 0.25) is 0 Å². The van der Waals surface area contributed by atoms with E-state index in [0.717, 1.165) is 36.1 Å². The smallest absolute Gasteiger partial charge is 0.295 e. The number of hydrogen-bond donors (Lipinski definition) is 1. The highest BCUT2D eigenvalue weighted by Gasteiger charge is 2.30. The number of benzene rings is 1. The Labute approximate surface area is 137 Å². The van der Waals surface area contributed by atoms with E-state index in [-0.39, 0.29) is 11.4 Å². The van der Waals surface area contributed by atoms with Crippen molar-refractivity contribution in [3.05, 3.63) is 35.4 Å². The molecule has 0 bridgehead atoms. The fraction of sp³-hybridized carbons (Fsp3) is 0.474. The molecule has 0 atom stereocenters. The molecule has 0 unspecified atom stereocenters. The van der Waals surface area contributed by atoms with Crippen LogP contribution >= 0.6 is 0 Å². The van der Waals surface area contributed by atoms with Crippen LogP contribution in [0, 0.1) is 0 Å². The molecule has 4 heteroatoms. The van der Waals surface area contributed by atoms with Crippen LogP contribution in [0.3, 0.4) is 0 Å². The molecule has 1 aromatic rings. The number of hydrogen-bond acceptors (Lipinski definition) is 3. The van der Waals surface area contributed by atoms with Gasteiger partial charge in [0.1, 0.15) is 0 Å². The molecular formula is C19H24N2O2. The van der Waals surface area contributed by atoms with Gasteiger partial charge in [0.15, 0.2) is 0 Å². The van der Waals surface area contributed by atoms with E-state index in [1.54, 1.807) is 11.0 Å². The molecule has 122 valence electrons. The molecule has 0 aliphatic carbocycles. The van der Waals surface area contributed by atoms with Gasteiger partial charge in [-0.25, -0.2) is 0 Å². The minimum Gasteiger partial charge on any atom is -0.376 e. The first-order valence-corrected chi connectivity index (χ1v) is 8.34. The third-order valence-electron chi connectivity index (χ3n) is 4.60. The van der Waals surface area contributed by atoms with Crippen LogP contribution in [0.1, 0.15) is 56.0 Å². The maximum Gasteiger partial charge on any atom is 0.295 e. The van der Waals surface area contributed by atoms with E-state index in [0.29, 0.717) is 18.7 Å². The van der Waals surface area contributed by atoms with E-state index in [1.807, 2.05) is 19.1 Å². The largest absolute Gasteiger partial charge is 0.376 e. The van der Waals surface area contributed by atoms with Crippen molar-refractivity contribution in [3.63, 3.8) is 0 Å². The topological polar surface area (TPSA) is 49.4 Å². The van der Waals surface area contributed by atoms with E-state index in [1.165, 1.54) is 0 Å². The number of fused-ring (bicyclic) bond motifs is 1. The van der Waals surface area contributed by atoms with Gasteiger partial charge in [0, 0.05) is 18.7 Å². The fourth-order valence-corrected chi connectivity index (χ4v) is 3.54. The number of carbonyl (C=O) groups is 2. The minimum atomic E-state index is -0.401. The highest BCUT2D eigenvalue weighted by atomic mass is 16.2. The van der Waals surface area contributed by atoms with Crippen LogP contribution in [0.25, 0.3) is 5.57 Å². The van der Waals surface area contributed by atoms with E-state index >= 15 is 0 Å². The van der Waals surface area contributed by atoms with Crippen molar-refractivity contribution < 1.29 is 9.59 Å². The van der Waals surface area contributed by atoms with Gasteiger partial charge in [-0.2, -0.15) is 0 Å². The van der Waals surface area contributed by atoms with Gasteiger partial charge in [0.25, 0.3) is 11.7 Å². The Kier molecular flexibility index (Phi) is 4.00. The number of allylic oxidation sites excluding steroid dienone is 1. The van der Waals surface area contributed by atoms with Gasteiger partial charge in [-0.05, 0) is 51.7 Å². The number of rotatable bonds is 2. The molecule has 1 fully saturated rings. The molecule has 1 amide bonds. The standard InChI is InChI=1S/C19H24N2O2/c1-13-12-19(2,3)20-16-14(13)8-7-9-15(16)17(22)18(23)21-10-5-4-6-11-21/h7-9,12,20H,4-6,10-11H2,1-3H3. The maximum atomic E-state index is 12.8. The second kappa shape index (κ2) is 5.84. The van der Waals surface area contributed by atoms with E-state index in [4.69, 9.17) is 0 Å². The van der Waals surface area contributed by atoms with Gasteiger partial charge < -0.3 is 10.2 Å². The minimum absolute atomic E-state index is 0.234. The molecule has 2 aliphatic rings. The molecule has 1 aromatic carbocycles. The van der Waals surface area contributed by atoms with Gasteiger partial charge in [-0.3, -0.25) is 9.59 Å². The van der Waals surface area contributed by atoms with Crippen molar-refractivity contribution >= 4 is 23.0 Å². The van der Waals surface area contributed by atoms with Crippen LogP contribution in [-0.4, -0.2) is 35.2 Å². The molecule has 1 N–H and O–H groups in total. The second-order valence-electron chi connectivity index (χ2n) is 7.08. The van der Waals surface area contributed by atoms with E-state index in [9.17, 15) is 9.59 Å². The summed E-state index contributed by atoms with van der Waals surface area (Å²) in [6.45, 7) is 7.55. The molecule has 2 heterocycles. The summed E-state index contributed by atoms with van der Waals surface area (Å²) >= 11 is 0. The first-order valence-electron chi connectivity index (χ1n) is 8.34. The van der Waals surface area contributed by atoms with Gasteiger partial charge in [0.05, 0.1) is 16.8 Å². The van der Waals surface area contributed by atoms with Gasteiger partial charge in [0.2, 0.25) is 0 Å². The summed E-state index contributed by atoms with van der Waals surface area (Å²) in [5.74, 6) is -0.772. The van der Waals surface area contributed by atoms with Gasteiger partial charge in [-0.15, -0.1) is 0 Å². The zero-order chi connectivity index (χ0) is 16.6. The number of nitrogens with zero attached hydrogens (tertiary/aromatic N) is 1. The Balaban J connectivity index is 1.95. The number of anilines is 1. The van der Waals surface area contributed by atoms with E-state index < -0.39 is 5.78 Å². The van der Waals surface area contributed by atoms with Crippen LogP contribution in [0.4, 0.5) is 5.69 Å². The average molecular weight is 312 g/mol. The molecule has 0 radical (unpaired) electrons. The number of Topliss-reactive ketones (excluding diaryl/α,β-unsaturated/α-hetero) is 1. The second-order valence-corrected chi connectivity index (χ2v) is 7.08. The Bertz CT molecular complexity index is 683. The Morgan fingerprint density at radius 2 is 1.83 bits per heavy atom. The molecule has 0 aromatic heterocycles. The predicted molar refractivity (Wildman–Crippen MR) is 92.6 cm³/mol. The van der Waals surface area contributed by atoms with Crippen LogP contribution in [-0.2, 0) is 4.79 Å². The normalized spacial score (nSPS) is 19.4. The van der Waals surface area contributed by atoms with Crippen molar-refractivity contribution in [1.82, 2.24) is 4.90 Å². The molecule has 23 heavy (non-hydrogen) atoms. The summed E-state index contributed by atoms with van der Waals surface area (Å²) in [4.78, 5) is 27.0. The number of ketones is 1. The molecule has 0 saturated carbocycles. The number of amides is 1. The summed E-state index contributed by atoms with van der Waals surface area (Å²) in [7, 11) is 0. The summed E-state index contributed by atoms with van der Waals surface area (Å²) in [6.07, 6.45) is 5.26. The summed E-state index contributed by atoms with van der Waals surface area (Å²) in [5.41, 5.74) is 3.17. The number of nitrogens with one attached hydrogen (secondary N) is 1. The lowest BCUT2D eigenvalue weighted by atomic mass is 9.88. The highest BCUT2D eigenvalue weighted by molar-refractivity contribution is 6.44. The molecule has 0 spiro atoms. The van der Waals surface area contributed by atoms with Crippen molar-refractivity contribution in [1.29, 1.82) is 0 Å². The average Bonchev–Trinajstić information content (AvgIpc) is 2.53. The Hall–Kier alpha value is -2.10. The van der Waals surface area contributed by atoms with Crippen molar-refractivity contribution in [2.24, 2.45) is 0 Å². The van der Waals surface area contributed by atoms with Crippen LogP contribution in [0.5, 0.6) is 0 Å². The fourth-order valence-electron chi connectivity index (χ4n) is 3.54. The third-order valence-corrected chi connectivity index (χ3v) is 4.60. The lowest BCUT2D eigenvalue weighted by Gasteiger charge is -2.33. The molecule has 1 saturated heterocycles. The number of piperidine rings is 1. The lowest BCUT2D eigenvalue weighted by Crippen LogP contribution is -2.41. The molecule has 2 aliphatic heterocycles. The summed E-state index contributed by atoms with van der Waals surface area (Å²) in [5, 5.41) is 3.41. The molecule has 3 rings (SSSR count). The highest BCUT2D eigenvalue weighted by Crippen LogP contribution is 2.36. The van der Waals surface area contributed by atoms with Gasteiger partial charge in [-0.1, -0.05) is 18.2 Å². The maximum absolute atomic E-state index is 12.8. The first kappa shape index (κ1) is 15.8. The molecule has 4 nitrogen and oxygen atoms in total. The number of carbonyl (C=O) groups excluding carboxylic acids is 2. The zero-order valence-electron chi connectivity index (χ0n) is 14.1. The zero-order valence-corrected chi connectivity index (χ0v) is 14.1. The Morgan fingerprint density at radius 3 is 2.52 bits per heavy atom. The van der Waals surface area contributed by atoms with Crippen LogP contribution in [0.15, 0.2) is 24.3 Å². The van der Waals surface area contributed by atoms with Crippen molar-refractivity contribution in [3.8, 4) is 0 Å². The van der Waals surface area contributed by atoms with Crippen molar-refractivity contribution in [2.45, 2.75) is 45.6 Å². The third kappa shape index (κ3) is 3.03. The number of likely N-dealkylation sites (tertiary alicyclic amines) is 1. The number of para-hydroxylation sites is 1. The van der Waals surface area contributed by atoms with Crippen LogP contribution < -0.4 is 5.32 Å². The summed E-state index contributed by atoms with van der Waals surface area (Å²) < 4.78 is 0. The monoisotopic (exact) mass is 312 g/mol. The lowest BCUT2D eigenvalue weighted by molar-refractivity contribution is -0.127. The van der Waals surface area contributed by atoms with Gasteiger partial charge >= 0.3 is 0 Å². The predicted octanol–water partition coefficient (Wildman–Crippen LogP) is 3.49. The van der Waals surface area contributed by atoms with E-state index in [2.05, 4.69) is 25.2 Å².